The van der Waals surface area contributed by atoms with Crippen LogP contribution in [-0.2, 0) is 11.3 Å². The molecule has 21 heavy (non-hydrogen) atoms. The molecule has 0 bridgehead atoms. The molecule has 1 rings (SSSR count). The van der Waals surface area contributed by atoms with E-state index >= 15 is 0 Å². The molecule has 0 heterocycles. The minimum Gasteiger partial charge on any atom is -0.409 e. The molecule has 0 saturated carbocycles. The van der Waals surface area contributed by atoms with Gasteiger partial charge in [0, 0.05) is 18.5 Å². The summed E-state index contributed by atoms with van der Waals surface area (Å²) in [5, 5.41) is 14.5. The van der Waals surface area contributed by atoms with E-state index in [9.17, 15) is 4.79 Å². The molecule has 4 N–H and O–H groups in total. The first kappa shape index (κ1) is 17.0. The Kier molecular flexibility index (Phi) is 5.76. The topological polar surface area (TPSA) is 87.7 Å². The van der Waals surface area contributed by atoms with Crippen LogP contribution in [0.2, 0.25) is 0 Å². The number of nitrogens with zero attached hydrogens (tertiary/aromatic N) is 1. The van der Waals surface area contributed by atoms with Crippen LogP contribution in [0.25, 0.3) is 0 Å². The molecule has 0 aromatic heterocycles. The van der Waals surface area contributed by atoms with Gasteiger partial charge in [-0.1, -0.05) is 51.0 Å². The monoisotopic (exact) mass is 291 g/mol. The zero-order valence-corrected chi connectivity index (χ0v) is 13.2. The average Bonchev–Trinajstić information content (AvgIpc) is 2.43. The first-order valence-corrected chi connectivity index (χ1v) is 7.07. The third-order valence-electron chi connectivity index (χ3n) is 3.79. The van der Waals surface area contributed by atoms with Gasteiger partial charge in [0.25, 0.3) is 0 Å². The first-order chi connectivity index (χ1) is 9.74. The molecule has 1 aromatic carbocycles. The standard InChI is InChI=1S/C16H25N3O2/c1-11(16(2,3)4)8-14(20)18-10-12-6-5-7-13(9-12)15(17)19-21/h5-7,9,11,21H,8,10H2,1-4H3,(H2,17,19)(H,18,20). The number of amides is 1. The van der Waals surface area contributed by atoms with Crippen molar-refractivity contribution in [1.29, 1.82) is 0 Å². The number of hydrogen-bond donors (Lipinski definition) is 3. The highest BCUT2D eigenvalue weighted by Crippen LogP contribution is 2.27. The van der Waals surface area contributed by atoms with E-state index in [1.165, 1.54) is 0 Å². The van der Waals surface area contributed by atoms with Gasteiger partial charge in [0.15, 0.2) is 5.84 Å². The highest BCUT2D eigenvalue weighted by molar-refractivity contribution is 5.97. The van der Waals surface area contributed by atoms with Gasteiger partial charge in [-0.15, -0.1) is 0 Å². The minimum absolute atomic E-state index is 0.0339. The van der Waals surface area contributed by atoms with Gasteiger partial charge in [0.2, 0.25) is 5.91 Å². The van der Waals surface area contributed by atoms with Crippen molar-refractivity contribution in [2.24, 2.45) is 22.2 Å². The van der Waals surface area contributed by atoms with Gasteiger partial charge in [0.05, 0.1) is 0 Å². The Bertz CT molecular complexity index is 518. The third-order valence-corrected chi connectivity index (χ3v) is 3.79. The fraction of sp³-hybridized carbons (Fsp3) is 0.500. The summed E-state index contributed by atoms with van der Waals surface area (Å²) < 4.78 is 0. The molecule has 0 fully saturated rings. The van der Waals surface area contributed by atoms with Gasteiger partial charge in [-0.25, -0.2) is 0 Å². The van der Waals surface area contributed by atoms with E-state index in [4.69, 9.17) is 10.9 Å². The molecule has 0 spiro atoms. The van der Waals surface area contributed by atoms with Crippen molar-refractivity contribution in [3.05, 3.63) is 35.4 Å². The van der Waals surface area contributed by atoms with Crippen molar-refractivity contribution < 1.29 is 10.0 Å². The van der Waals surface area contributed by atoms with Gasteiger partial charge in [-0.05, 0) is 23.0 Å². The van der Waals surface area contributed by atoms with Crippen molar-refractivity contribution in [2.75, 3.05) is 0 Å². The summed E-state index contributed by atoms with van der Waals surface area (Å²) in [4.78, 5) is 11.9. The second-order valence-corrected chi connectivity index (χ2v) is 6.43. The Hall–Kier alpha value is -2.04. The molecule has 5 nitrogen and oxygen atoms in total. The molecule has 0 radical (unpaired) electrons. The second-order valence-electron chi connectivity index (χ2n) is 6.43. The number of carbonyl (C=O) groups excluding carboxylic acids is 1. The molecule has 1 atom stereocenters. The maximum atomic E-state index is 11.9. The van der Waals surface area contributed by atoms with Gasteiger partial charge < -0.3 is 16.3 Å². The quantitative estimate of drug-likeness (QED) is 0.337. The van der Waals surface area contributed by atoms with Crippen LogP contribution in [0.15, 0.2) is 29.4 Å². The van der Waals surface area contributed by atoms with Crippen molar-refractivity contribution >= 4 is 11.7 Å². The van der Waals surface area contributed by atoms with Gasteiger partial charge in [-0.2, -0.15) is 0 Å². The minimum atomic E-state index is 0.0339. The van der Waals surface area contributed by atoms with E-state index in [0.717, 1.165) is 5.56 Å². The van der Waals surface area contributed by atoms with Crippen LogP contribution in [0.4, 0.5) is 0 Å². The third kappa shape index (κ3) is 5.45. The SMILES string of the molecule is CC(CC(=O)NCc1cccc(C(N)=NO)c1)C(C)(C)C. The zero-order chi connectivity index (χ0) is 16.0. The first-order valence-electron chi connectivity index (χ1n) is 7.07. The average molecular weight is 291 g/mol. The summed E-state index contributed by atoms with van der Waals surface area (Å²) >= 11 is 0. The summed E-state index contributed by atoms with van der Waals surface area (Å²) in [6, 6.07) is 7.25. The lowest BCUT2D eigenvalue weighted by Gasteiger charge is -2.26. The highest BCUT2D eigenvalue weighted by atomic mass is 16.4. The van der Waals surface area contributed by atoms with Crippen LogP contribution in [0.1, 0.15) is 45.2 Å². The zero-order valence-electron chi connectivity index (χ0n) is 13.2. The molecule has 0 aliphatic heterocycles. The number of rotatable bonds is 5. The van der Waals surface area contributed by atoms with Crippen molar-refractivity contribution in [3.8, 4) is 0 Å². The largest absolute Gasteiger partial charge is 0.409 e. The maximum Gasteiger partial charge on any atom is 0.220 e. The predicted octanol–water partition coefficient (Wildman–Crippen LogP) is 2.47. The van der Waals surface area contributed by atoms with Crippen LogP contribution < -0.4 is 11.1 Å². The van der Waals surface area contributed by atoms with E-state index in [0.29, 0.717) is 24.4 Å². The summed E-state index contributed by atoms with van der Waals surface area (Å²) in [5.74, 6) is 0.400. The lowest BCUT2D eigenvalue weighted by molar-refractivity contribution is -0.122. The number of nitrogens with one attached hydrogen (secondary N) is 1. The second kappa shape index (κ2) is 7.11. The number of benzene rings is 1. The van der Waals surface area contributed by atoms with Gasteiger partial charge in [0.1, 0.15) is 0 Å². The molecule has 0 aliphatic carbocycles. The van der Waals surface area contributed by atoms with Crippen LogP contribution in [0.5, 0.6) is 0 Å². The molecule has 116 valence electrons. The van der Waals surface area contributed by atoms with Crippen LogP contribution in [-0.4, -0.2) is 17.0 Å². The number of oxime groups is 1. The Morgan fingerprint density at radius 2 is 2.10 bits per heavy atom. The Balaban J connectivity index is 2.58. The molecule has 1 amide bonds. The Labute approximate surface area is 126 Å². The predicted molar refractivity (Wildman–Crippen MR) is 84.0 cm³/mol. The lowest BCUT2D eigenvalue weighted by Crippen LogP contribution is -2.28. The van der Waals surface area contributed by atoms with Crippen molar-refractivity contribution in [1.82, 2.24) is 5.32 Å². The Morgan fingerprint density at radius 3 is 2.67 bits per heavy atom. The van der Waals surface area contributed by atoms with Crippen molar-refractivity contribution in [2.45, 2.75) is 40.7 Å². The van der Waals surface area contributed by atoms with E-state index in [1.54, 1.807) is 12.1 Å². The van der Waals surface area contributed by atoms with Crippen molar-refractivity contribution in [3.63, 3.8) is 0 Å². The molecule has 1 unspecified atom stereocenters. The van der Waals surface area contributed by atoms with E-state index in [-0.39, 0.29) is 17.2 Å². The van der Waals surface area contributed by atoms with Crippen LogP contribution in [0, 0.1) is 11.3 Å². The summed E-state index contributed by atoms with van der Waals surface area (Å²) in [7, 11) is 0. The lowest BCUT2D eigenvalue weighted by atomic mass is 9.80. The molecule has 1 aromatic rings. The highest BCUT2D eigenvalue weighted by Gasteiger charge is 2.22. The van der Waals surface area contributed by atoms with Crippen LogP contribution in [0.3, 0.4) is 0 Å². The number of hydrogen-bond acceptors (Lipinski definition) is 3. The van der Waals surface area contributed by atoms with E-state index in [1.807, 2.05) is 12.1 Å². The van der Waals surface area contributed by atoms with Crippen LogP contribution >= 0.6 is 0 Å². The fourth-order valence-corrected chi connectivity index (χ4v) is 1.76. The fourth-order valence-electron chi connectivity index (χ4n) is 1.76. The summed E-state index contributed by atoms with van der Waals surface area (Å²) in [5.41, 5.74) is 7.20. The normalized spacial score (nSPS) is 13.8. The number of amidine groups is 1. The molecular formula is C16H25N3O2. The van der Waals surface area contributed by atoms with Gasteiger partial charge in [-0.3, -0.25) is 4.79 Å². The molecule has 0 saturated heterocycles. The number of nitrogens with two attached hydrogens (primary N) is 1. The molecule has 5 heteroatoms. The van der Waals surface area contributed by atoms with E-state index < -0.39 is 0 Å². The number of carbonyl (C=O) groups is 1. The molecular weight excluding hydrogens is 266 g/mol. The maximum absolute atomic E-state index is 11.9. The molecule has 0 aliphatic rings. The summed E-state index contributed by atoms with van der Waals surface area (Å²) in [6.07, 6.45) is 0.503. The summed E-state index contributed by atoms with van der Waals surface area (Å²) in [6.45, 7) is 8.91. The Morgan fingerprint density at radius 1 is 1.43 bits per heavy atom. The van der Waals surface area contributed by atoms with Gasteiger partial charge >= 0.3 is 0 Å². The van der Waals surface area contributed by atoms with E-state index in [2.05, 4.69) is 38.2 Å². The smallest absolute Gasteiger partial charge is 0.220 e.